The summed E-state index contributed by atoms with van der Waals surface area (Å²) in [5.41, 5.74) is 0.918. The van der Waals surface area contributed by atoms with Crippen LogP contribution in [0.25, 0.3) is 0 Å². The topological polar surface area (TPSA) is 91.3 Å². The standard InChI is InChI=1S/C12H19N3O3S/c1-6-5-19-10(13-6)9(4)15-12(18)14-8(3)7(2)11(16)17/h5,7-9H,1-4H3,(H,16,17)(H2,14,15,18). The first-order chi connectivity index (χ1) is 8.81. The molecule has 1 rings (SSSR count). The number of hydrogen-bond acceptors (Lipinski definition) is 4. The molecule has 19 heavy (non-hydrogen) atoms. The van der Waals surface area contributed by atoms with Crippen LogP contribution in [0.2, 0.25) is 0 Å². The Hall–Kier alpha value is -1.63. The molecule has 3 unspecified atom stereocenters. The Kier molecular flexibility index (Phi) is 5.29. The average Bonchev–Trinajstić information content (AvgIpc) is 2.74. The number of carbonyl (C=O) groups is 2. The van der Waals surface area contributed by atoms with E-state index in [2.05, 4.69) is 15.6 Å². The quantitative estimate of drug-likeness (QED) is 0.770. The fourth-order valence-corrected chi connectivity index (χ4v) is 2.22. The van der Waals surface area contributed by atoms with Gasteiger partial charge in [-0.2, -0.15) is 0 Å². The molecule has 3 N–H and O–H groups in total. The number of carboxylic acids is 1. The van der Waals surface area contributed by atoms with Gasteiger partial charge in [-0.25, -0.2) is 9.78 Å². The lowest BCUT2D eigenvalue weighted by atomic mass is 10.0. The van der Waals surface area contributed by atoms with Gasteiger partial charge in [0.2, 0.25) is 0 Å². The van der Waals surface area contributed by atoms with Crippen molar-refractivity contribution in [3.05, 3.63) is 16.1 Å². The lowest BCUT2D eigenvalue weighted by Crippen LogP contribution is -2.45. The molecular weight excluding hydrogens is 266 g/mol. The zero-order chi connectivity index (χ0) is 14.6. The Morgan fingerprint density at radius 1 is 1.32 bits per heavy atom. The van der Waals surface area contributed by atoms with E-state index in [0.29, 0.717) is 0 Å². The summed E-state index contributed by atoms with van der Waals surface area (Å²) in [6.45, 7) is 6.95. The molecule has 0 aliphatic rings. The summed E-state index contributed by atoms with van der Waals surface area (Å²) in [4.78, 5) is 26.8. The molecule has 0 saturated carbocycles. The van der Waals surface area contributed by atoms with Crippen molar-refractivity contribution in [1.29, 1.82) is 0 Å². The summed E-state index contributed by atoms with van der Waals surface area (Å²) < 4.78 is 0. The van der Waals surface area contributed by atoms with Crippen LogP contribution in [0, 0.1) is 12.8 Å². The van der Waals surface area contributed by atoms with Gasteiger partial charge in [0.15, 0.2) is 0 Å². The van der Waals surface area contributed by atoms with Crippen molar-refractivity contribution >= 4 is 23.3 Å². The first-order valence-corrected chi connectivity index (χ1v) is 6.91. The molecule has 106 valence electrons. The van der Waals surface area contributed by atoms with Crippen molar-refractivity contribution in [2.75, 3.05) is 0 Å². The number of carboxylic acid groups (broad SMARTS) is 1. The van der Waals surface area contributed by atoms with Gasteiger partial charge in [0.05, 0.1) is 12.0 Å². The fourth-order valence-electron chi connectivity index (χ4n) is 1.42. The zero-order valence-corrected chi connectivity index (χ0v) is 12.2. The summed E-state index contributed by atoms with van der Waals surface area (Å²) in [6, 6.07) is -1.03. The Morgan fingerprint density at radius 3 is 2.42 bits per heavy atom. The number of urea groups is 1. The maximum absolute atomic E-state index is 11.7. The van der Waals surface area contributed by atoms with Crippen LogP contribution in [0.4, 0.5) is 4.79 Å². The van der Waals surface area contributed by atoms with E-state index in [1.165, 1.54) is 11.3 Å². The smallest absolute Gasteiger partial charge is 0.315 e. The Morgan fingerprint density at radius 2 is 1.95 bits per heavy atom. The molecule has 1 heterocycles. The second kappa shape index (κ2) is 6.51. The van der Waals surface area contributed by atoms with Crippen molar-refractivity contribution in [3.63, 3.8) is 0 Å². The van der Waals surface area contributed by atoms with Gasteiger partial charge in [-0.3, -0.25) is 4.79 Å². The van der Waals surface area contributed by atoms with Crippen LogP contribution in [-0.4, -0.2) is 28.1 Å². The first-order valence-electron chi connectivity index (χ1n) is 6.03. The second-order valence-electron chi connectivity index (χ2n) is 4.58. The molecule has 0 bridgehead atoms. The van der Waals surface area contributed by atoms with Gasteiger partial charge in [0.25, 0.3) is 0 Å². The predicted molar refractivity (Wildman–Crippen MR) is 73.2 cm³/mol. The molecule has 2 amide bonds. The first kappa shape index (κ1) is 15.4. The number of thiazole rings is 1. The van der Waals surface area contributed by atoms with E-state index in [0.717, 1.165) is 10.7 Å². The van der Waals surface area contributed by atoms with Gasteiger partial charge < -0.3 is 15.7 Å². The number of rotatable bonds is 5. The minimum absolute atomic E-state index is 0.203. The SMILES string of the molecule is Cc1csc(C(C)NC(=O)NC(C)C(C)C(=O)O)n1. The molecule has 0 fully saturated rings. The van der Waals surface area contributed by atoms with Gasteiger partial charge in [0, 0.05) is 17.1 Å². The van der Waals surface area contributed by atoms with Gasteiger partial charge in [0.1, 0.15) is 5.01 Å². The molecule has 3 atom stereocenters. The number of hydrogen-bond donors (Lipinski definition) is 3. The summed E-state index contributed by atoms with van der Waals surface area (Å²) in [6.07, 6.45) is 0. The highest BCUT2D eigenvalue weighted by atomic mass is 32.1. The summed E-state index contributed by atoms with van der Waals surface area (Å²) in [5.74, 6) is -1.57. The van der Waals surface area contributed by atoms with Crippen LogP contribution in [0.15, 0.2) is 5.38 Å². The number of aromatic nitrogens is 1. The Bertz CT molecular complexity index is 461. The van der Waals surface area contributed by atoms with Crippen LogP contribution in [0.1, 0.15) is 37.5 Å². The van der Waals surface area contributed by atoms with Crippen LogP contribution in [-0.2, 0) is 4.79 Å². The maximum atomic E-state index is 11.7. The molecule has 7 heteroatoms. The molecular formula is C12H19N3O3S. The minimum Gasteiger partial charge on any atom is -0.481 e. The number of nitrogens with one attached hydrogen (secondary N) is 2. The lowest BCUT2D eigenvalue weighted by Gasteiger charge is -2.19. The van der Waals surface area contributed by atoms with E-state index in [9.17, 15) is 9.59 Å². The third-order valence-electron chi connectivity index (χ3n) is 2.85. The van der Waals surface area contributed by atoms with E-state index < -0.39 is 17.9 Å². The molecule has 0 aromatic carbocycles. The highest BCUT2D eigenvalue weighted by Gasteiger charge is 2.22. The molecule has 6 nitrogen and oxygen atoms in total. The maximum Gasteiger partial charge on any atom is 0.315 e. The van der Waals surface area contributed by atoms with Crippen LogP contribution in [0.3, 0.4) is 0 Å². The van der Waals surface area contributed by atoms with Gasteiger partial charge in [-0.05, 0) is 27.7 Å². The Labute approximate surface area is 116 Å². The average molecular weight is 285 g/mol. The van der Waals surface area contributed by atoms with E-state index in [4.69, 9.17) is 5.11 Å². The van der Waals surface area contributed by atoms with Gasteiger partial charge in [-0.1, -0.05) is 0 Å². The van der Waals surface area contributed by atoms with Gasteiger partial charge in [-0.15, -0.1) is 11.3 Å². The molecule has 0 aliphatic heterocycles. The molecule has 0 radical (unpaired) electrons. The third kappa shape index (κ3) is 4.51. The molecule has 1 aromatic heterocycles. The Balaban J connectivity index is 2.49. The number of nitrogens with zero attached hydrogens (tertiary/aromatic N) is 1. The molecule has 1 aromatic rings. The molecule has 0 aliphatic carbocycles. The summed E-state index contributed by atoms with van der Waals surface area (Å²) in [5, 5.41) is 16.9. The minimum atomic E-state index is -0.934. The van der Waals surface area contributed by atoms with Crippen molar-refractivity contribution in [2.24, 2.45) is 5.92 Å². The number of aryl methyl sites for hydroxylation is 1. The largest absolute Gasteiger partial charge is 0.481 e. The van der Waals surface area contributed by atoms with Crippen LogP contribution < -0.4 is 10.6 Å². The van der Waals surface area contributed by atoms with Gasteiger partial charge >= 0.3 is 12.0 Å². The fraction of sp³-hybridized carbons (Fsp3) is 0.583. The van der Waals surface area contributed by atoms with Crippen molar-refractivity contribution in [2.45, 2.75) is 39.8 Å². The third-order valence-corrected chi connectivity index (χ3v) is 4.00. The van der Waals surface area contributed by atoms with Crippen LogP contribution in [0.5, 0.6) is 0 Å². The molecule has 0 spiro atoms. The van der Waals surface area contributed by atoms with E-state index in [1.54, 1.807) is 13.8 Å². The lowest BCUT2D eigenvalue weighted by molar-refractivity contribution is -0.141. The van der Waals surface area contributed by atoms with Crippen molar-refractivity contribution in [1.82, 2.24) is 15.6 Å². The van der Waals surface area contributed by atoms with Crippen LogP contribution >= 0.6 is 11.3 Å². The highest BCUT2D eigenvalue weighted by molar-refractivity contribution is 7.09. The number of amides is 2. The monoisotopic (exact) mass is 285 g/mol. The van der Waals surface area contributed by atoms with Crippen molar-refractivity contribution in [3.8, 4) is 0 Å². The second-order valence-corrected chi connectivity index (χ2v) is 5.47. The summed E-state index contributed by atoms with van der Waals surface area (Å²) in [7, 11) is 0. The predicted octanol–water partition coefficient (Wildman–Crippen LogP) is 1.92. The number of carbonyl (C=O) groups excluding carboxylic acids is 1. The molecule has 0 saturated heterocycles. The van der Waals surface area contributed by atoms with E-state index in [-0.39, 0.29) is 12.1 Å². The van der Waals surface area contributed by atoms with Crippen molar-refractivity contribution < 1.29 is 14.7 Å². The van der Waals surface area contributed by atoms with E-state index >= 15 is 0 Å². The zero-order valence-electron chi connectivity index (χ0n) is 11.4. The highest BCUT2D eigenvalue weighted by Crippen LogP contribution is 2.17. The summed E-state index contributed by atoms with van der Waals surface area (Å²) >= 11 is 1.48. The normalized spacial score (nSPS) is 15.4. The van der Waals surface area contributed by atoms with E-state index in [1.807, 2.05) is 19.2 Å². The number of aliphatic carboxylic acids is 1.